The Kier molecular flexibility index (Phi) is 5.10. The molecule has 2 aromatic rings. The van der Waals surface area contributed by atoms with E-state index in [-0.39, 0.29) is 5.54 Å². The monoisotopic (exact) mass is 271 g/mol. The first-order chi connectivity index (χ1) is 9.54. The maximum Gasteiger partial charge on any atom is 0.0705 e. The lowest BCUT2D eigenvalue weighted by atomic mass is 10.1. The average molecular weight is 271 g/mol. The summed E-state index contributed by atoms with van der Waals surface area (Å²) < 4.78 is 0. The fourth-order valence-electron chi connectivity index (χ4n) is 2.10. The summed E-state index contributed by atoms with van der Waals surface area (Å²) in [4.78, 5) is 4.65. The molecule has 20 heavy (non-hydrogen) atoms. The zero-order valence-electron chi connectivity index (χ0n) is 12.7. The predicted octanol–water partition coefficient (Wildman–Crippen LogP) is 3.10. The molecule has 1 aromatic carbocycles. The van der Waals surface area contributed by atoms with Crippen molar-refractivity contribution in [3.8, 4) is 0 Å². The Hall–Kier alpha value is -1.45. The number of hydrogen-bond donors (Lipinski definition) is 2. The summed E-state index contributed by atoms with van der Waals surface area (Å²) in [6.07, 6.45) is 1.13. The first-order valence-corrected chi connectivity index (χ1v) is 7.35. The van der Waals surface area contributed by atoms with E-state index in [0.29, 0.717) is 0 Å². The maximum atomic E-state index is 4.65. The van der Waals surface area contributed by atoms with Crippen molar-refractivity contribution in [1.82, 2.24) is 15.6 Å². The van der Waals surface area contributed by atoms with E-state index in [4.69, 9.17) is 0 Å². The van der Waals surface area contributed by atoms with E-state index in [0.717, 1.165) is 37.3 Å². The minimum Gasteiger partial charge on any atom is -0.312 e. The Morgan fingerprint density at radius 3 is 2.60 bits per heavy atom. The Labute approximate surface area is 121 Å². The fraction of sp³-hybridized carbons (Fsp3) is 0.471. The minimum atomic E-state index is 0.208. The Balaban J connectivity index is 1.73. The summed E-state index contributed by atoms with van der Waals surface area (Å²) >= 11 is 0. The molecule has 3 heteroatoms. The Morgan fingerprint density at radius 1 is 1.00 bits per heavy atom. The lowest BCUT2D eigenvalue weighted by Crippen LogP contribution is -2.37. The highest BCUT2D eigenvalue weighted by atomic mass is 15.0. The van der Waals surface area contributed by atoms with Crippen LogP contribution in [0.25, 0.3) is 10.9 Å². The van der Waals surface area contributed by atoms with Crippen molar-refractivity contribution < 1.29 is 0 Å². The van der Waals surface area contributed by atoms with Crippen molar-refractivity contribution in [1.29, 1.82) is 0 Å². The molecule has 1 aromatic heterocycles. The van der Waals surface area contributed by atoms with Crippen LogP contribution in [0.3, 0.4) is 0 Å². The third-order valence-corrected chi connectivity index (χ3v) is 3.15. The Bertz CT molecular complexity index is 543. The van der Waals surface area contributed by atoms with Gasteiger partial charge in [0.05, 0.1) is 11.2 Å². The van der Waals surface area contributed by atoms with Gasteiger partial charge < -0.3 is 10.6 Å². The molecule has 0 aliphatic carbocycles. The molecule has 3 nitrogen and oxygen atoms in total. The van der Waals surface area contributed by atoms with E-state index < -0.39 is 0 Å². The van der Waals surface area contributed by atoms with Crippen molar-refractivity contribution in [2.45, 2.75) is 39.3 Å². The molecular formula is C17H25N3. The van der Waals surface area contributed by atoms with Gasteiger partial charge in [0.15, 0.2) is 0 Å². The van der Waals surface area contributed by atoms with Crippen LogP contribution in [0.5, 0.6) is 0 Å². The van der Waals surface area contributed by atoms with Crippen molar-refractivity contribution in [3.05, 3.63) is 42.1 Å². The van der Waals surface area contributed by atoms with Crippen molar-refractivity contribution >= 4 is 10.9 Å². The molecule has 0 spiro atoms. The summed E-state index contributed by atoms with van der Waals surface area (Å²) in [5.41, 5.74) is 2.38. The molecule has 0 aliphatic heterocycles. The minimum absolute atomic E-state index is 0.208. The van der Waals surface area contributed by atoms with Gasteiger partial charge in [-0.25, -0.2) is 0 Å². The van der Waals surface area contributed by atoms with E-state index >= 15 is 0 Å². The number of benzene rings is 1. The zero-order valence-corrected chi connectivity index (χ0v) is 12.7. The predicted molar refractivity (Wildman–Crippen MR) is 85.8 cm³/mol. The molecule has 0 fully saturated rings. The van der Waals surface area contributed by atoms with Crippen molar-refractivity contribution in [3.63, 3.8) is 0 Å². The van der Waals surface area contributed by atoms with Gasteiger partial charge in [-0.05, 0) is 52.4 Å². The highest BCUT2D eigenvalue weighted by Crippen LogP contribution is 2.11. The summed E-state index contributed by atoms with van der Waals surface area (Å²) in [6.45, 7) is 9.47. The second kappa shape index (κ2) is 6.82. The second-order valence-corrected chi connectivity index (χ2v) is 6.20. The van der Waals surface area contributed by atoms with Gasteiger partial charge in [0, 0.05) is 17.5 Å². The summed E-state index contributed by atoms with van der Waals surface area (Å²) in [6, 6.07) is 12.5. The van der Waals surface area contributed by atoms with Gasteiger partial charge in [-0.15, -0.1) is 0 Å². The number of nitrogens with one attached hydrogen (secondary N) is 2. The highest BCUT2D eigenvalue weighted by Gasteiger charge is 2.06. The smallest absolute Gasteiger partial charge is 0.0705 e. The van der Waals surface area contributed by atoms with Crippen LogP contribution in [0.1, 0.15) is 32.9 Å². The van der Waals surface area contributed by atoms with Crippen LogP contribution in [0.4, 0.5) is 0 Å². The molecule has 1 heterocycles. The van der Waals surface area contributed by atoms with Gasteiger partial charge in [0.2, 0.25) is 0 Å². The summed E-state index contributed by atoms with van der Waals surface area (Å²) in [7, 11) is 0. The van der Waals surface area contributed by atoms with E-state index in [1.54, 1.807) is 0 Å². The number of rotatable bonds is 6. The third-order valence-electron chi connectivity index (χ3n) is 3.15. The van der Waals surface area contributed by atoms with Crippen LogP contribution in [-0.4, -0.2) is 23.6 Å². The first-order valence-electron chi connectivity index (χ1n) is 7.35. The molecule has 2 N–H and O–H groups in total. The second-order valence-electron chi connectivity index (χ2n) is 6.20. The Morgan fingerprint density at radius 2 is 1.80 bits per heavy atom. The molecule has 0 saturated heterocycles. The van der Waals surface area contributed by atoms with Crippen LogP contribution in [0, 0.1) is 0 Å². The lowest BCUT2D eigenvalue weighted by molar-refractivity contribution is 0.418. The number of hydrogen-bond acceptors (Lipinski definition) is 3. The van der Waals surface area contributed by atoms with Crippen molar-refractivity contribution in [2.75, 3.05) is 13.1 Å². The van der Waals surface area contributed by atoms with Crippen LogP contribution < -0.4 is 10.6 Å². The molecule has 0 unspecified atom stereocenters. The third kappa shape index (κ3) is 4.91. The fourth-order valence-corrected chi connectivity index (χ4v) is 2.10. The molecule has 0 radical (unpaired) electrons. The SMILES string of the molecule is CC(C)(C)NCCCNCc1ccc2ccccc2n1. The molecule has 2 rings (SSSR count). The van der Waals surface area contributed by atoms with E-state index in [9.17, 15) is 0 Å². The van der Waals surface area contributed by atoms with Crippen LogP contribution in [0.2, 0.25) is 0 Å². The van der Waals surface area contributed by atoms with E-state index in [1.807, 2.05) is 12.1 Å². The van der Waals surface area contributed by atoms with Gasteiger partial charge in [-0.1, -0.05) is 24.3 Å². The molecule has 0 saturated carbocycles. The summed E-state index contributed by atoms with van der Waals surface area (Å²) in [5, 5.41) is 8.14. The standard InChI is InChI=1S/C17H25N3/c1-17(2,3)19-12-6-11-18-13-15-10-9-14-7-4-5-8-16(14)20-15/h4-5,7-10,18-19H,6,11-13H2,1-3H3. The largest absolute Gasteiger partial charge is 0.312 e. The summed E-state index contributed by atoms with van der Waals surface area (Å²) in [5.74, 6) is 0. The molecule has 108 valence electrons. The normalized spacial score (nSPS) is 11.9. The van der Waals surface area contributed by atoms with E-state index in [1.165, 1.54) is 5.39 Å². The zero-order chi connectivity index (χ0) is 14.4. The molecule has 0 bridgehead atoms. The number of para-hydroxylation sites is 1. The number of fused-ring (bicyclic) bond motifs is 1. The lowest BCUT2D eigenvalue weighted by Gasteiger charge is -2.20. The topological polar surface area (TPSA) is 37.0 Å². The first kappa shape index (κ1) is 14.9. The maximum absolute atomic E-state index is 4.65. The van der Waals surface area contributed by atoms with Crippen LogP contribution >= 0.6 is 0 Å². The van der Waals surface area contributed by atoms with Crippen LogP contribution in [-0.2, 0) is 6.54 Å². The van der Waals surface area contributed by atoms with Crippen molar-refractivity contribution in [2.24, 2.45) is 0 Å². The quantitative estimate of drug-likeness (QED) is 0.793. The van der Waals surface area contributed by atoms with Gasteiger partial charge in [-0.3, -0.25) is 4.98 Å². The van der Waals surface area contributed by atoms with Gasteiger partial charge in [-0.2, -0.15) is 0 Å². The van der Waals surface area contributed by atoms with Gasteiger partial charge in [0.25, 0.3) is 0 Å². The van der Waals surface area contributed by atoms with Crippen LogP contribution in [0.15, 0.2) is 36.4 Å². The molecule has 0 aliphatic rings. The average Bonchev–Trinajstić information content (AvgIpc) is 2.41. The van der Waals surface area contributed by atoms with Gasteiger partial charge in [0.1, 0.15) is 0 Å². The molecule has 0 amide bonds. The van der Waals surface area contributed by atoms with Gasteiger partial charge >= 0.3 is 0 Å². The highest BCUT2D eigenvalue weighted by molar-refractivity contribution is 5.78. The number of aromatic nitrogens is 1. The molecular weight excluding hydrogens is 246 g/mol. The number of nitrogens with zero attached hydrogens (tertiary/aromatic N) is 1. The molecule has 0 atom stereocenters. The number of pyridine rings is 1. The van der Waals surface area contributed by atoms with E-state index in [2.05, 4.69) is 60.7 Å².